The molecule has 2 aliphatic rings. The van der Waals surface area contributed by atoms with E-state index < -0.39 is 0 Å². The van der Waals surface area contributed by atoms with Gasteiger partial charge in [0.05, 0.1) is 12.0 Å². The molecule has 25 heavy (non-hydrogen) atoms. The highest BCUT2D eigenvalue weighted by molar-refractivity contribution is 5.80. The molecule has 2 fully saturated rings. The zero-order valence-electron chi connectivity index (χ0n) is 14.3. The molecule has 0 saturated carbocycles. The number of aryl methyl sites for hydroxylation is 1. The lowest BCUT2D eigenvalue weighted by Crippen LogP contribution is -2.45. The number of anilines is 1. The maximum absolute atomic E-state index is 13.1. The van der Waals surface area contributed by atoms with Gasteiger partial charge in [-0.1, -0.05) is 5.16 Å². The van der Waals surface area contributed by atoms with Crippen LogP contribution in [0.25, 0.3) is 0 Å². The largest absolute Gasteiger partial charge is 0.340 e. The Morgan fingerprint density at radius 1 is 1.20 bits per heavy atom. The van der Waals surface area contributed by atoms with Gasteiger partial charge in [0.15, 0.2) is 5.82 Å². The van der Waals surface area contributed by atoms with Gasteiger partial charge in [-0.15, -0.1) is 0 Å². The van der Waals surface area contributed by atoms with Crippen LogP contribution in [-0.4, -0.2) is 50.5 Å². The van der Waals surface area contributed by atoms with Crippen LogP contribution in [0.5, 0.6) is 0 Å². The molecule has 0 N–H and O–H groups in total. The van der Waals surface area contributed by atoms with E-state index in [9.17, 15) is 4.79 Å². The molecule has 2 atom stereocenters. The van der Waals surface area contributed by atoms with E-state index in [0.717, 1.165) is 38.8 Å². The van der Waals surface area contributed by atoms with Crippen LogP contribution in [0.2, 0.25) is 0 Å². The Balaban J connectivity index is 1.48. The Morgan fingerprint density at radius 2 is 2.00 bits per heavy atom. The molecule has 8 heteroatoms. The maximum Gasteiger partial charge on any atom is 0.228 e. The first-order chi connectivity index (χ1) is 12.2. The predicted octanol–water partition coefficient (Wildman–Crippen LogP) is 1.75. The number of carbonyl (C=O) groups excluding carboxylic acids is 1. The zero-order valence-corrected chi connectivity index (χ0v) is 14.3. The summed E-state index contributed by atoms with van der Waals surface area (Å²) in [7, 11) is 0. The van der Waals surface area contributed by atoms with Crippen molar-refractivity contribution in [2.24, 2.45) is 5.92 Å². The minimum atomic E-state index is -0.0618. The summed E-state index contributed by atoms with van der Waals surface area (Å²) in [4.78, 5) is 30.1. The summed E-state index contributed by atoms with van der Waals surface area (Å²) in [5.74, 6) is 2.02. The summed E-state index contributed by atoms with van der Waals surface area (Å²) in [6.45, 7) is 4.09. The van der Waals surface area contributed by atoms with E-state index in [1.54, 1.807) is 25.4 Å². The third-order valence-electron chi connectivity index (χ3n) is 4.98. The first kappa shape index (κ1) is 16.0. The molecule has 2 aromatic heterocycles. The summed E-state index contributed by atoms with van der Waals surface area (Å²) in [6, 6.07) is 1.74. The highest BCUT2D eigenvalue weighted by Crippen LogP contribution is 2.33. The van der Waals surface area contributed by atoms with Crippen molar-refractivity contribution in [3.8, 4) is 0 Å². The van der Waals surface area contributed by atoms with Gasteiger partial charge in [-0.3, -0.25) is 4.79 Å². The first-order valence-electron chi connectivity index (χ1n) is 8.85. The van der Waals surface area contributed by atoms with Crippen molar-refractivity contribution in [2.75, 3.05) is 24.5 Å². The van der Waals surface area contributed by atoms with Crippen LogP contribution in [0, 0.1) is 12.8 Å². The second kappa shape index (κ2) is 6.78. The Kier molecular flexibility index (Phi) is 4.33. The molecule has 1 amide bonds. The predicted molar refractivity (Wildman–Crippen MR) is 89.7 cm³/mol. The molecule has 2 saturated heterocycles. The van der Waals surface area contributed by atoms with Crippen LogP contribution in [0.3, 0.4) is 0 Å². The molecule has 132 valence electrons. The molecule has 0 unspecified atom stereocenters. The van der Waals surface area contributed by atoms with E-state index >= 15 is 0 Å². The number of piperidine rings is 1. The van der Waals surface area contributed by atoms with E-state index in [1.807, 2.05) is 4.90 Å². The van der Waals surface area contributed by atoms with Crippen LogP contribution in [0.1, 0.15) is 43.4 Å². The van der Waals surface area contributed by atoms with Crippen molar-refractivity contribution >= 4 is 11.9 Å². The van der Waals surface area contributed by atoms with Gasteiger partial charge in [-0.25, -0.2) is 9.97 Å². The van der Waals surface area contributed by atoms with E-state index in [2.05, 4.69) is 25.0 Å². The number of rotatable bonds is 3. The molecule has 0 aromatic carbocycles. The molecule has 0 bridgehead atoms. The fourth-order valence-electron chi connectivity index (χ4n) is 3.80. The summed E-state index contributed by atoms with van der Waals surface area (Å²) in [6.07, 6.45) is 7.21. The van der Waals surface area contributed by atoms with Crippen molar-refractivity contribution in [3.05, 3.63) is 30.2 Å². The third-order valence-corrected chi connectivity index (χ3v) is 4.98. The molecule has 8 nitrogen and oxygen atoms in total. The van der Waals surface area contributed by atoms with Gasteiger partial charge in [-0.2, -0.15) is 4.98 Å². The van der Waals surface area contributed by atoms with Crippen molar-refractivity contribution in [1.29, 1.82) is 0 Å². The van der Waals surface area contributed by atoms with Gasteiger partial charge in [-0.05, 0) is 31.7 Å². The number of carbonyl (C=O) groups is 1. The monoisotopic (exact) mass is 342 g/mol. The van der Waals surface area contributed by atoms with Gasteiger partial charge in [0.2, 0.25) is 17.7 Å². The topological polar surface area (TPSA) is 88.3 Å². The van der Waals surface area contributed by atoms with Gasteiger partial charge in [0, 0.05) is 39.0 Å². The van der Waals surface area contributed by atoms with Gasteiger partial charge < -0.3 is 14.3 Å². The van der Waals surface area contributed by atoms with Crippen LogP contribution < -0.4 is 4.90 Å². The second-order valence-corrected chi connectivity index (χ2v) is 6.70. The van der Waals surface area contributed by atoms with Crippen LogP contribution in [0.4, 0.5) is 5.95 Å². The Bertz CT molecular complexity index is 734. The Hall–Kier alpha value is -2.51. The molecule has 4 rings (SSSR count). The summed E-state index contributed by atoms with van der Waals surface area (Å²) >= 11 is 0. The van der Waals surface area contributed by atoms with Crippen molar-refractivity contribution in [2.45, 2.75) is 38.6 Å². The first-order valence-corrected chi connectivity index (χ1v) is 8.85. The minimum Gasteiger partial charge on any atom is -0.340 e. The lowest BCUT2D eigenvalue weighted by Gasteiger charge is -2.35. The average molecular weight is 342 g/mol. The van der Waals surface area contributed by atoms with Crippen molar-refractivity contribution < 1.29 is 9.32 Å². The van der Waals surface area contributed by atoms with Crippen LogP contribution in [0.15, 0.2) is 23.0 Å². The number of aromatic nitrogens is 4. The number of amides is 1. The average Bonchev–Trinajstić information content (AvgIpc) is 3.30. The molecule has 0 aliphatic carbocycles. The van der Waals surface area contributed by atoms with Gasteiger partial charge in [0.25, 0.3) is 0 Å². The van der Waals surface area contributed by atoms with Crippen LogP contribution >= 0.6 is 0 Å². The minimum absolute atomic E-state index is 0.0360. The van der Waals surface area contributed by atoms with Crippen LogP contribution in [-0.2, 0) is 4.79 Å². The van der Waals surface area contributed by atoms with Crippen molar-refractivity contribution in [3.63, 3.8) is 0 Å². The second-order valence-electron chi connectivity index (χ2n) is 6.70. The maximum atomic E-state index is 13.1. The lowest BCUT2D eigenvalue weighted by molar-refractivity contribution is -0.137. The summed E-state index contributed by atoms with van der Waals surface area (Å²) < 4.78 is 5.10. The standard InChI is InChI=1S/C17H22N6O2/c1-12-20-15(21-25-12)14-6-3-10-23(14)16(24)13-5-2-9-22(11-13)17-18-7-4-8-19-17/h4,7-8,13-14H,2-3,5-6,9-11H2,1H3/t13-,14+/m1/s1. The Morgan fingerprint density at radius 3 is 2.76 bits per heavy atom. The molecule has 0 spiro atoms. The molecule has 2 aromatic rings. The molecular formula is C17H22N6O2. The van der Waals surface area contributed by atoms with E-state index in [0.29, 0.717) is 24.2 Å². The molecule has 4 heterocycles. The number of likely N-dealkylation sites (tertiary alicyclic amines) is 1. The quantitative estimate of drug-likeness (QED) is 0.839. The molecule has 2 aliphatic heterocycles. The normalized spacial score (nSPS) is 23.9. The highest BCUT2D eigenvalue weighted by Gasteiger charge is 2.38. The lowest BCUT2D eigenvalue weighted by atomic mass is 9.96. The number of hydrogen-bond acceptors (Lipinski definition) is 7. The molecule has 0 radical (unpaired) electrons. The third kappa shape index (κ3) is 3.20. The van der Waals surface area contributed by atoms with E-state index in [-0.39, 0.29) is 17.9 Å². The van der Waals surface area contributed by atoms with E-state index in [1.165, 1.54) is 0 Å². The fourth-order valence-corrected chi connectivity index (χ4v) is 3.80. The SMILES string of the molecule is Cc1nc([C@@H]2CCCN2C(=O)[C@@H]2CCCN(c3ncccn3)C2)no1. The highest BCUT2D eigenvalue weighted by atomic mass is 16.5. The summed E-state index contributed by atoms with van der Waals surface area (Å²) in [5.41, 5.74) is 0. The zero-order chi connectivity index (χ0) is 17.2. The van der Waals surface area contributed by atoms with Gasteiger partial charge in [0.1, 0.15) is 0 Å². The van der Waals surface area contributed by atoms with Gasteiger partial charge >= 0.3 is 0 Å². The van der Waals surface area contributed by atoms with Crippen molar-refractivity contribution in [1.82, 2.24) is 25.0 Å². The smallest absolute Gasteiger partial charge is 0.228 e. The number of nitrogens with zero attached hydrogens (tertiary/aromatic N) is 6. The number of hydrogen-bond donors (Lipinski definition) is 0. The fraction of sp³-hybridized carbons (Fsp3) is 0.588. The van der Waals surface area contributed by atoms with E-state index in [4.69, 9.17) is 4.52 Å². The Labute approximate surface area is 146 Å². The summed E-state index contributed by atoms with van der Waals surface area (Å²) in [5, 5.41) is 4.03. The molecular weight excluding hydrogens is 320 g/mol.